The van der Waals surface area contributed by atoms with E-state index in [1.54, 1.807) is 20.3 Å². The number of methoxy groups -OCH3 is 2. The molecule has 1 aliphatic heterocycles. The van der Waals surface area contributed by atoms with Crippen LogP contribution in [0.25, 0.3) is 0 Å². The summed E-state index contributed by atoms with van der Waals surface area (Å²) in [7, 11) is 3.40. The normalized spacial score (nSPS) is 17.4. The summed E-state index contributed by atoms with van der Waals surface area (Å²) in [6.45, 7) is 8.01. The standard InChI is InChI=1S/C35H46N2O4/c1-4-37(25-26-9-15-31(16-10-26)41-20-19-36-17-7-5-6-8-18-36)33-24-35(40-3)34(39-2)23-32(33)29-12-11-28-22-30(38)14-13-27(28)21-29/h9-10,13-16,22-24,29,38H,4-8,11-12,17-21,25H2,1-3H3. The zero-order valence-electron chi connectivity index (χ0n) is 25.0. The summed E-state index contributed by atoms with van der Waals surface area (Å²) in [4.78, 5) is 4.97. The van der Waals surface area contributed by atoms with Crippen molar-refractivity contribution in [2.45, 2.75) is 64.3 Å². The lowest BCUT2D eigenvalue weighted by atomic mass is 9.79. The molecule has 6 heteroatoms. The molecule has 0 saturated carbocycles. The fourth-order valence-electron chi connectivity index (χ4n) is 6.42. The second-order valence-corrected chi connectivity index (χ2v) is 11.4. The van der Waals surface area contributed by atoms with Crippen molar-refractivity contribution in [2.75, 3.05) is 51.9 Å². The minimum absolute atomic E-state index is 0.347. The van der Waals surface area contributed by atoms with Gasteiger partial charge in [0.1, 0.15) is 18.1 Å². The molecule has 6 nitrogen and oxygen atoms in total. The first-order chi connectivity index (χ1) is 20.1. The van der Waals surface area contributed by atoms with E-state index in [1.165, 1.54) is 66.7 Å². The van der Waals surface area contributed by atoms with Crippen LogP contribution in [0.15, 0.2) is 54.6 Å². The van der Waals surface area contributed by atoms with Crippen LogP contribution in [0, 0.1) is 0 Å². The van der Waals surface area contributed by atoms with Crippen LogP contribution in [0.5, 0.6) is 23.0 Å². The van der Waals surface area contributed by atoms with Crippen molar-refractivity contribution in [1.29, 1.82) is 0 Å². The van der Waals surface area contributed by atoms with Gasteiger partial charge in [0.25, 0.3) is 0 Å². The number of hydrogen-bond acceptors (Lipinski definition) is 6. The van der Waals surface area contributed by atoms with E-state index in [0.717, 1.165) is 62.8 Å². The lowest BCUT2D eigenvalue weighted by Gasteiger charge is -2.32. The monoisotopic (exact) mass is 558 g/mol. The number of phenols is 1. The highest BCUT2D eigenvalue weighted by atomic mass is 16.5. The van der Waals surface area contributed by atoms with Gasteiger partial charge in [-0.3, -0.25) is 4.90 Å². The largest absolute Gasteiger partial charge is 0.508 e. The van der Waals surface area contributed by atoms with Crippen molar-refractivity contribution in [3.05, 3.63) is 76.9 Å². The van der Waals surface area contributed by atoms with E-state index in [4.69, 9.17) is 14.2 Å². The Morgan fingerprint density at radius 2 is 1.61 bits per heavy atom. The molecule has 0 aromatic heterocycles. The number of aryl methyl sites for hydroxylation is 1. The molecule has 1 N–H and O–H groups in total. The maximum atomic E-state index is 9.96. The van der Waals surface area contributed by atoms with E-state index in [9.17, 15) is 5.11 Å². The molecular formula is C35H46N2O4. The van der Waals surface area contributed by atoms with Crippen LogP contribution in [-0.4, -0.2) is 57.0 Å². The van der Waals surface area contributed by atoms with Gasteiger partial charge >= 0.3 is 0 Å². The average molecular weight is 559 g/mol. The molecule has 0 bridgehead atoms. The summed E-state index contributed by atoms with van der Waals surface area (Å²) in [5.74, 6) is 3.15. The molecule has 1 heterocycles. The van der Waals surface area contributed by atoms with Crippen LogP contribution in [0.4, 0.5) is 5.69 Å². The number of benzene rings is 3. The number of nitrogens with zero attached hydrogens (tertiary/aromatic N) is 2. The van der Waals surface area contributed by atoms with Crippen molar-refractivity contribution in [3.63, 3.8) is 0 Å². The Hall–Kier alpha value is -3.38. The van der Waals surface area contributed by atoms with Crippen molar-refractivity contribution in [3.8, 4) is 23.0 Å². The van der Waals surface area contributed by atoms with E-state index < -0.39 is 0 Å². The Kier molecular flexibility index (Phi) is 9.94. The second-order valence-electron chi connectivity index (χ2n) is 11.4. The molecule has 0 radical (unpaired) electrons. The van der Waals surface area contributed by atoms with Crippen LogP contribution in [-0.2, 0) is 19.4 Å². The van der Waals surface area contributed by atoms with Gasteiger partial charge in [0.2, 0.25) is 0 Å². The van der Waals surface area contributed by atoms with Gasteiger partial charge in [0.05, 0.1) is 14.2 Å². The number of aromatic hydroxyl groups is 1. The van der Waals surface area contributed by atoms with Crippen LogP contribution in [0.3, 0.4) is 0 Å². The number of phenolic OH excluding ortho intramolecular Hbond substituents is 1. The molecule has 1 unspecified atom stereocenters. The third-order valence-corrected chi connectivity index (χ3v) is 8.79. The zero-order chi connectivity index (χ0) is 28.6. The molecule has 1 fully saturated rings. The van der Waals surface area contributed by atoms with Crippen LogP contribution in [0.2, 0.25) is 0 Å². The first-order valence-electron chi connectivity index (χ1n) is 15.3. The summed E-state index contributed by atoms with van der Waals surface area (Å²) in [5, 5.41) is 9.96. The van der Waals surface area contributed by atoms with Gasteiger partial charge < -0.3 is 24.2 Å². The van der Waals surface area contributed by atoms with Gasteiger partial charge in [0.15, 0.2) is 11.5 Å². The Bertz CT molecular complexity index is 1270. The highest BCUT2D eigenvalue weighted by Crippen LogP contribution is 2.43. The number of likely N-dealkylation sites (tertiary alicyclic amines) is 1. The molecule has 1 saturated heterocycles. The van der Waals surface area contributed by atoms with E-state index in [2.05, 4.69) is 59.2 Å². The number of rotatable bonds is 11. The number of hydrogen-bond donors (Lipinski definition) is 1. The van der Waals surface area contributed by atoms with E-state index in [-0.39, 0.29) is 0 Å². The van der Waals surface area contributed by atoms with Crippen LogP contribution >= 0.6 is 0 Å². The summed E-state index contributed by atoms with van der Waals surface area (Å²) < 4.78 is 17.6. The summed E-state index contributed by atoms with van der Waals surface area (Å²) in [6.07, 6.45) is 8.26. The first kappa shape index (κ1) is 29.1. The highest BCUT2D eigenvalue weighted by molar-refractivity contribution is 5.64. The topological polar surface area (TPSA) is 54.4 Å². The maximum absolute atomic E-state index is 9.96. The van der Waals surface area contributed by atoms with Gasteiger partial charge in [-0.15, -0.1) is 0 Å². The van der Waals surface area contributed by atoms with Crippen molar-refractivity contribution >= 4 is 5.69 Å². The summed E-state index contributed by atoms with van der Waals surface area (Å²) >= 11 is 0. The fraction of sp³-hybridized carbons (Fsp3) is 0.486. The van der Waals surface area contributed by atoms with Gasteiger partial charge in [-0.25, -0.2) is 0 Å². The molecule has 2 aliphatic rings. The highest BCUT2D eigenvalue weighted by Gasteiger charge is 2.26. The van der Waals surface area contributed by atoms with E-state index >= 15 is 0 Å². The van der Waals surface area contributed by atoms with Gasteiger partial charge in [-0.2, -0.15) is 0 Å². The second kappa shape index (κ2) is 14.0. The van der Waals surface area contributed by atoms with Gasteiger partial charge in [-0.1, -0.05) is 31.0 Å². The smallest absolute Gasteiger partial charge is 0.162 e. The molecule has 0 amide bonds. The minimum atomic E-state index is 0.347. The lowest BCUT2D eigenvalue weighted by molar-refractivity contribution is 0.214. The van der Waals surface area contributed by atoms with Gasteiger partial charge in [0, 0.05) is 31.4 Å². The van der Waals surface area contributed by atoms with Crippen LogP contribution in [0.1, 0.15) is 67.2 Å². The number of fused-ring (bicyclic) bond motifs is 1. The molecule has 1 atom stereocenters. The lowest BCUT2D eigenvalue weighted by Crippen LogP contribution is -2.29. The van der Waals surface area contributed by atoms with Crippen LogP contribution < -0.4 is 19.1 Å². The Balaban J connectivity index is 1.31. The molecule has 3 aromatic carbocycles. The molecule has 220 valence electrons. The molecule has 1 aliphatic carbocycles. The predicted octanol–water partition coefficient (Wildman–Crippen LogP) is 6.96. The predicted molar refractivity (Wildman–Crippen MR) is 166 cm³/mol. The molecule has 0 spiro atoms. The average Bonchev–Trinajstić information content (AvgIpc) is 3.28. The maximum Gasteiger partial charge on any atom is 0.162 e. The minimum Gasteiger partial charge on any atom is -0.508 e. The zero-order valence-corrected chi connectivity index (χ0v) is 25.0. The molecule has 5 rings (SSSR count). The van der Waals surface area contributed by atoms with Crippen molar-refractivity contribution in [2.24, 2.45) is 0 Å². The molecule has 41 heavy (non-hydrogen) atoms. The molecule has 3 aromatic rings. The first-order valence-corrected chi connectivity index (χ1v) is 15.3. The number of ether oxygens (including phenoxy) is 3. The van der Waals surface area contributed by atoms with Crippen molar-refractivity contribution < 1.29 is 19.3 Å². The molecular weight excluding hydrogens is 512 g/mol. The summed E-state index contributed by atoms with van der Waals surface area (Å²) in [6, 6.07) is 18.7. The Labute approximate surface area is 245 Å². The SMILES string of the molecule is CCN(Cc1ccc(OCCN2CCCCCC2)cc1)c1cc(OC)c(OC)cc1C1CCc2cc(O)ccc2C1. The third-order valence-electron chi connectivity index (χ3n) is 8.79. The van der Waals surface area contributed by atoms with Gasteiger partial charge in [-0.05, 0) is 111 Å². The fourth-order valence-corrected chi connectivity index (χ4v) is 6.42. The number of anilines is 1. The van der Waals surface area contributed by atoms with E-state index in [0.29, 0.717) is 11.7 Å². The van der Waals surface area contributed by atoms with Crippen molar-refractivity contribution in [1.82, 2.24) is 4.90 Å². The summed E-state index contributed by atoms with van der Waals surface area (Å²) in [5.41, 5.74) is 6.29. The van der Waals surface area contributed by atoms with E-state index in [1.807, 2.05) is 6.07 Å². The quantitative estimate of drug-likeness (QED) is 0.275. The Morgan fingerprint density at radius 1 is 0.878 bits per heavy atom. The third kappa shape index (κ3) is 7.28. The Morgan fingerprint density at radius 3 is 2.32 bits per heavy atom.